The first kappa shape index (κ1) is 19.9. The van der Waals surface area contributed by atoms with Crippen LogP contribution in [0.15, 0.2) is 46.9 Å². The highest BCUT2D eigenvalue weighted by Crippen LogP contribution is 2.13. The minimum absolute atomic E-state index is 0.126. The molecule has 7 heteroatoms. The SMILES string of the molecule is Cc1ccc(/C=C/C(=O)NCc2ccccc2CS(=O)(=O)NC(C)C)o1. The molecule has 0 aliphatic carbocycles. The van der Waals surface area contributed by atoms with Gasteiger partial charge < -0.3 is 9.73 Å². The fourth-order valence-corrected chi connectivity index (χ4v) is 3.91. The predicted octanol–water partition coefficient (Wildman–Crippen LogP) is 2.75. The highest BCUT2D eigenvalue weighted by atomic mass is 32.2. The van der Waals surface area contributed by atoms with E-state index in [4.69, 9.17) is 4.42 Å². The highest BCUT2D eigenvalue weighted by molar-refractivity contribution is 7.88. The molecule has 0 radical (unpaired) electrons. The molecule has 0 saturated heterocycles. The topological polar surface area (TPSA) is 88.4 Å². The van der Waals surface area contributed by atoms with E-state index in [1.807, 2.05) is 19.1 Å². The maximum absolute atomic E-state index is 12.1. The summed E-state index contributed by atoms with van der Waals surface area (Å²) in [6.45, 7) is 5.62. The molecular weight excluding hydrogens is 352 g/mol. The summed E-state index contributed by atoms with van der Waals surface area (Å²) >= 11 is 0. The maximum atomic E-state index is 12.1. The van der Waals surface area contributed by atoms with Crippen molar-refractivity contribution in [2.45, 2.75) is 39.1 Å². The van der Waals surface area contributed by atoms with Crippen LogP contribution in [0.2, 0.25) is 0 Å². The molecule has 0 fully saturated rings. The van der Waals surface area contributed by atoms with Gasteiger partial charge in [0.05, 0.1) is 5.75 Å². The number of amides is 1. The molecule has 26 heavy (non-hydrogen) atoms. The molecule has 1 heterocycles. The molecule has 2 N–H and O–H groups in total. The van der Waals surface area contributed by atoms with Crippen LogP contribution in [0.1, 0.15) is 36.5 Å². The van der Waals surface area contributed by atoms with Gasteiger partial charge in [0.1, 0.15) is 11.5 Å². The second kappa shape index (κ2) is 8.82. The number of carbonyl (C=O) groups excluding carboxylic acids is 1. The normalized spacial score (nSPS) is 12.0. The van der Waals surface area contributed by atoms with Crippen LogP contribution in [0.5, 0.6) is 0 Å². The minimum atomic E-state index is -3.43. The van der Waals surface area contributed by atoms with E-state index in [-0.39, 0.29) is 24.2 Å². The smallest absolute Gasteiger partial charge is 0.244 e. The summed E-state index contributed by atoms with van der Waals surface area (Å²) in [6.07, 6.45) is 2.98. The van der Waals surface area contributed by atoms with Crippen LogP contribution in [0.25, 0.3) is 6.08 Å². The van der Waals surface area contributed by atoms with Crippen molar-refractivity contribution in [2.75, 3.05) is 0 Å². The molecule has 140 valence electrons. The number of hydrogen-bond acceptors (Lipinski definition) is 4. The third-order valence-corrected chi connectivity index (χ3v) is 5.01. The van der Waals surface area contributed by atoms with Crippen molar-refractivity contribution in [3.8, 4) is 0 Å². The Morgan fingerprint density at radius 2 is 1.85 bits per heavy atom. The number of furan rings is 1. The third kappa shape index (κ3) is 6.50. The summed E-state index contributed by atoms with van der Waals surface area (Å²) in [7, 11) is -3.43. The Labute approximate surface area is 154 Å². The van der Waals surface area contributed by atoms with Gasteiger partial charge >= 0.3 is 0 Å². The molecule has 0 aliphatic heterocycles. The fraction of sp³-hybridized carbons (Fsp3) is 0.316. The van der Waals surface area contributed by atoms with Crippen LogP contribution in [-0.2, 0) is 27.1 Å². The number of hydrogen-bond donors (Lipinski definition) is 2. The Balaban J connectivity index is 1.99. The van der Waals surface area contributed by atoms with Gasteiger partial charge in [-0.2, -0.15) is 0 Å². The van der Waals surface area contributed by atoms with Gasteiger partial charge in [0, 0.05) is 18.7 Å². The maximum Gasteiger partial charge on any atom is 0.244 e. The van der Waals surface area contributed by atoms with Crippen molar-refractivity contribution >= 4 is 22.0 Å². The van der Waals surface area contributed by atoms with Gasteiger partial charge in [-0.25, -0.2) is 13.1 Å². The Morgan fingerprint density at radius 1 is 1.15 bits per heavy atom. The molecule has 2 aromatic rings. The van der Waals surface area contributed by atoms with Crippen molar-refractivity contribution in [2.24, 2.45) is 0 Å². The predicted molar refractivity (Wildman–Crippen MR) is 102 cm³/mol. The Hall–Kier alpha value is -2.38. The van der Waals surface area contributed by atoms with Gasteiger partial charge in [-0.15, -0.1) is 0 Å². The van der Waals surface area contributed by atoms with E-state index in [0.29, 0.717) is 11.3 Å². The molecule has 0 aliphatic rings. The molecule has 2 rings (SSSR count). The largest absolute Gasteiger partial charge is 0.462 e. The number of benzene rings is 1. The molecule has 1 aromatic carbocycles. The summed E-state index contributed by atoms with van der Waals surface area (Å²) in [5, 5.41) is 2.76. The minimum Gasteiger partial charge on any atom is -0.462 e. The second-order valence-electron chi connectivity index (χ2n) is 6.30. The number of nitrogens with one attached hydrogen (secondary N) is 2. The molecule has 0 bridgehead atoms. The van der Waals surface area contributed by atoms with Crippen molar-refractivity contribution in [3.05, 3.63) is 65.1 Å². The zero-order valence-electron chi connectivity index (χ0n) is 15.2. The number of rotatable bonds is 8. The summed E-state index contributed by atoms with van der Waals surface area (Å²) in [5.74, 6) is 0.967. The number of carbonyl (C=O) groups is 1. The average Bonchev–Trinajstić information content (AvgIpc) is 2.96. The van der Waals surface area contributed by atoms with Crippen LogP contribution < -0.4 is 10.0 Å². The zero-order valence-corrected chi connectivity index (χ0v) is 16.0. The Bertz CT molecular complexity index is 882. The quantitative estimate of drug-likeness (QED) is 0.694. The fourth-order valence-electron chi connectivity index (χ4n) is 2.42. The van der Waals surface area contributed by atoms with Crippen molar-refractivity contribution in [3.63, 3.8) is 0 Å². The average molecular weight is 376 g/mol. The van der Waals surface area contributed by atoms with E-state index < -0.39 is 10.0 Å². The van der Waals surface area contributed by atoms with Crippen LogP contribution in [0, 0.1) is 6.92 Å². The molecule has 0 spiro atoms. The second-order valence-corrected chi connectivity index (χ2v) is 8.05. The number of aryl methyl sites for hydroxylation is 1. The lowest BCUT2D eigenvalue weighted by molar-refractivity contribution is -0.116. The summed E-state index contributed by atoms with van der Waals surface area (Å²) in [6, 6.07) is 10.6. The van der Waals surface area contributed by atoms with E-state index in [9.17, 15) is 13.2 Å². The summed E-state index contributed by atoms with van der Waals surface area (Å²) in [4.78, 5) is 12.0. The molecule has 0 unspecified atom stereocenters. The molecule has 1 aromatic heterocycles. The van der Waals surface area contributed by atoms with Gasteiger partial charge in [-0.1, -0.05) is 24.3 Å². The monoisotopic (exact) mass is 376 g/mol. The number of sulfonamides is 1. The van der Waals surface area contributed by atoms with Crippen molar-refractivity contribution in [1.29, 1.82) is 0 Å². The first-order valence-electron chi connectivity index (χ1n) is 8.34. The van der Waals surface area contributed by atoms with E-state index in [2.05, 4.69) is 10.0 Å². The standard InChI is InChI=1S/C19H24N2O4S/c1-14(2)21-26(23,24)13-17-7-5-4-6-16(17)12-20-19(22)11-10-18-9-8-15(3)25-18/h4-11,14,21H,12-13H2,1-3H3,(H,20,22)/b11-10+. The van der Waals surface area contributed by atoms with Crippen molar-refractivity contribution < 1.29 is 17.6 Å². The van der Waals surface area contributed by atoms with Crippen LogP contribution in [0.3, 0.4) is 0 Å². The first-order chi connectivity index (χ1) is 12.2. The van der Waals surface area contributed by atoms with Gasteiger partial charge in [-0.05, 0) is 50.1 Å². The highest BCUT2D eigenvalue weighted by Gasteiger charge is 2.15. The van der Waals surface area contributed by atoms with Gasteiger partial charge in [0.25, 0.3) is 0 Å². The van der Waals surface area contributed by atoms with E-state index in [1.165, 1.54) is 6.08 Å². The summed E-state index contributed by atoms with van der Waals surface area (Å²) in [5.41, 5.74) is 1.42. The lowest BCUT2D eigenvalue weighted by Crippen LogP contribution is -2.31. The molecule has 0 atom stereocenters. The Kier molecular flexibility index (Phi) is 6.76. The van der Waals surface area contributed by atoms with Crippen LogP contribution in [-0.4, -0.2) is 20.4 Å². The third-order valence-electron chi connectivity index (χ3n) is 3.49. The van der Waals surface area contributed by atoms with Crippen LogP contribution in [0.4, 0.5) is 0 Å². The zero-order chi connectivity index (χ0) is 19.2. The van der Waals surface area contributed by atoms with E-state index in [0.717, 1.165) is 11.3 Å². The molecule has 0 saturated carbocycles. The van der Waals surface area contributed by atoms with Gasteiger partial charge in [0.15, 0.2) is 0 Å². The van der Waals surface area contributed by atoms with E-state index in [1.54, 1.807) is 44.2 Å². The lowest BCUT2D eigenvalue weighted by atomic mass is 10.1. The summed E-state index contributed by atoms with van der Waals surface area (Å²) < 4.78 is 32.2. The van der Waals surface area contributed by atoms with Gasteiger partial charge in [0.2, 0.25) is 15.9 Å². The van der Waals surface area contributed by atoms with Crippen molar-refractivity contribution in [1.82, 2.24) is 10.0 Å². The molecule has 1 amide bonds. The lowest BCUT2D eigenvalue weighted by Gasteiger charge is -2.13. The Morgan fingerprint density at radius 3 is 2.46 bits per heavy atom. The molecular formula is C19H24N2O4S. The van der Waals surface area contributed by atoms with E-state index >= 15 is 0 Å². The van der Waals surface area contributed by atoms with Crippen LogP contribution >= 0.6 is 0 Å². The van der Waals surface area contributed by atoms with Gasteiger partial charge in [-0.3, -0.25) is 4.79 Å². The first-order valence-corrected chi connectivity index (χ1v) is 9.99. The molecule has 6 nitrogen and oxygen atoms in total.